The molecule has 16 heteroatoms. The Kier molecular flexibility index (Phi) is 17.8. The molecule has 5 rings (SSSR count). The Morgan fingerprint density at radius 2 is 1.19 bits per heavy atom. The molecule has 0 aromatic heterocycles. The van der Waals surface area contributed by atoms with Crippen molar-refractivity contribution in [3.63, 3.8) is 0 Å². The van der Waals surface area contributed by atoms with Gasteiger partial charge >= 0.3 is 0 Å². The first-order chi connectivity index (χ1) is 29.8. The van der Waals surface area contributed by atoms with Gasteiger partial charge < -0.3 is 74.4 Å². The molecule has 2 aliphatic carbocycles. The lowest BCUT2D eigenvalue weighted by molar-refractivity contribution is -0.373. The summed E-state index contributed by atoms with van der Waals surface area (Å²) in [6, 6.07) is 0. The number of ether oxygens (including phenoxy) is 6. The van der Waals surface area contributed by atoms with Crippen molar-refractivity contribution >= 4 is 5.78 Å². The molecule has 3 aliphatic heterocycles. The molecular weight excluding hydrogens is 833 g/mol. The van der Waals surface area contributed by atoms with E-state index in [1.165, 1.54) is 13.8 Å². The summed E-state index contributed by atoms with van der Waals surface area (Å²) < 4.78 is 35.7. The van der Waals surface area contributed by atoms with Crippen molar-refractivity contribution in [2.24, 2.45) is 23.2 Å². The lowest BCUT2D eigenvalue weighted by atomic mass is 9.53. The molecule has 17 unspecified atom stereocenters. The molecule has 0 amide bonds. The van der Waals surface area contributed by atoms with Crippen molar-refractivity contribution < 1.29 is 79.2 Å². The minimum Gasteiger partial charge on any atom is -0.388 e. The number of hydrogen-bond donors (Lipinski definition) is 9. The van der Waals surface area contributed by atoms with Crippen LogP contribution in [0, 0.1) is 23.2 Å². The molecule has 3 saturated heterocycles. The van der Waals surface area contributed by atoms with Crippen LogP contribution in [0.2, 0.25) is 0 Å². The summed E-state index contributed by atoms with van der Waals surface area (Å²) in [4.78, 5) is 14.5. The van der Waals surface area contributed by atoms with E-state index in [0.717, 1.165) is 30.4 Å². The number of carbonyl (C=O) groups is 1. The normalized spacial score (nSPS) is 45.4. The molecule has 5 aliphatic rings. The van der Waals surface area contributed by atoms with Crippen LogP contribution >= 0.6 is 0 Å². The summed E-state index contributed by atoms with van der Waals surface area (Å²) in [5, 5.41) is 99.6. The third kappa shape index (κ3) is 11.1. The minimum atomic E-state index is -1.74. The van der Waals surface area contributed by atoms with Gasteiger partial charge in [0.15, 0.2) is 18.9 Å². The van der Waals surface area contributed by atoms with Gasteiger partial charge in [0.1, 0.15) is 60.7 Å². The van der Waals surface area contributed by atoms with Gasteiger partial charge in [0.2, 0.25) is 0 Å². The van der Waals surface area contributed by atoms with Gasteiger partial charge in [-0.3, -0.25) is 4.79 Å². The van der Waals surface area contributed by atoms with E-state index in [0.29, 0.717) is 24.0 Å². The number of allylic oxidation sites excluding steroid dienone is 2. The third-order valence-electron chi connectivity index (χ3n) is 14.8. The summed E-state index contributed by atoms with van der Waals surface area (Å²) in [6.07, 6.45) is -11.6. The van der Waals surface area contributed by atoms with E-state index in [1.54, 1.807) is 19.9 Å². The molecule has 0 aromatic rings. The number of aliphatic hydroxyl groups is 9. The molecular formula is C48H78O16. The van der Waals surface area contributed by atoms with Gasteiger partial charge in [0.25, 0.3) is 0 Å². The molecule has 0 aromatic carbocycles. The minimum absolute atomic E-state index is 0.0119. The van der Waals surface area contributed by atoms with E-state index in [2.05, 4.69) is 0 Å². The second-order valence-corrected chi connectivity index (χ2v) is 20.0. The highest BCUT2D eigenvalue weighted by molar-refractivity contribution is 5.91. The van der Waals surface area contributed by atoms with E-state index in [-0.39, 0.29) is 24.0 Å². The Morgan fingerprint density at radius 1 is 0.688 bits per heavy atom. The smallest absolute Gasteiger partial charge is 0.187 e. The second kappa shape index (κ2) is 21.5. The van der Waals surface area contributed by atoms with Crippen LogP contribution in [0.3, 0.4) is 0 Å². The molecule has 366 valence electrons. The maximum absolute atomic E-state index is 14.5. The summed E-state index contributed by atoms with van der Waals surface area (Å²) in [7, 11) is 0. The molecule has 2 saturated carbocycles. The van der Waals surface area contributed by atoms with Crippen molar-refractivity contribution in [1.82, 2.24) is 0 Å². The molecule has 9 N–H and O–H groups in total. The zero-order valence-corrected chi connectivity index (χ0v) is 39.5. The van der Waals surface area contributed by atoms with Crippen LogP contribution in [-0.2, 0) is 33.2 Å². The molecule has 64 heavy (non-hydrogen) atoms. The Bertz CT molecular complexity index is 1710. The standard InChI is InChI=1S/C48H78O16/c1-22(2)14-16-32(49)25(6)21-31-43(57)47(11)19-12-13-30(47)26(7)48(31,58)20-18-24(5)33(17-15-23(3)4)62-44-39(55)36(52)41(28(9)60-44)64-46-40(56)37(53)42(29(10)61-46)63-45-38(54)35(51)34(50)27(8)59-45/h14-15,18,21,26-42,44-46,49-56,58H,12-13,16-17,19-20H2,1-11H3/b24-18+,25-21+/t26-,27?,28?,29?,30+,31+,32?,33?,34?,35?,36?,37?,38?,39?,40?,41?,42?,44?,45?,46?,47+,48-/m1/s1. The van der Waals surface area contributed by atoms with Gasteiger partial charge in [0, 0.05) is 5.41 Å². The lowest BCUT2D eigenvalue weighted by Gasteiger charge is -2.52. The molecule has 0 bridgehead atoms. The zero-order chi connectivity index (χ0) is 47.7. The Morgan fingerprint density at radius 3 is 1.75 bits per heavy atom. The van der Waals surface area contributed by atoms with Gasteiger partial charge in [-0.05, 0) is 117 Å². The number of Topliss-reactive ketones (excluding diaryl/α,β-unsaturated/α-hetero) is 1. The topological polar surface area (TPSA) is 255 Å². The van der Waals surface area contributed by atoms with Crippen LogP contribution in [-0.4, -0.2) is 162 Å². The van der Waals surface area contributed by atoms with Crippen molar-refractivity contribution in [2.45, 2.75) is 225 Å². The number of hydrogen-bond acceptors (Lipinski definition) is 16. The van der Waals surface area contributed by atoms with Gasteiger partial charge in [-0.2, -0.15) is 0 Å². The fraction of sp³-hybridized carbons (Fsp3) is 0.812. The van der Waals surface area contributed by atoms with E-state index in [9.17, 15) is 50.8 Å². The molecule has 22 atom stereocenters. The lowest BCUT2D eigenvalue weighted by Crippen LogP contribution is -2.65. The van der Waals surface area contributed by atoms with Crippen molar-refractivity contribution in [3.05, 3.63) is 46.6 Å². The van der Waals surface area contributed by atoms with Crippen LogP contribution in [0.15, 0.2) is 46.6 Å². The number of fused-ring (bicyclic) bond motifs is 1. The zero-order valence-electron chi connectivity index (χ0n) is 39.5. The van der Waals surface area contributed by atoms with Gasteiger partial charge in [0.05, 0.1) is 42.0 Å². The fourth-order valence-corrected chi connectivity index (χ4v) is 10.3. The quantitative estimate of drug-likeness (QED) is 0.107. The highest BCUT2D eigenvalue weighted by Gasteiger charge is 2.62. The number of rotatable bonds is 15. The average Bonchev–Trinajstić information content (AvgIpc) is 3.65. The fourth-order valence-electron chi connectivity index (χ4n) is 10.3. The van der Waals surface area contributed by atoms with Gasteiger partial charge in [-0.1, -0.05) is 55.7 Å². The van der Waals surface area contributed by atoms with E-state index in [1.807, 2.05) is 66.7 Å². The van der Waals surface area contributed by atoms with Gasteiger partial charge in [-0.15, -0.1) is 0 Å². The predicted octanol–water partition coefficient (Wildman–Crippen LogP) is 2.63. The molecule has 5 fully saturated rings. The van der Waals surface area contributed by atoms with E-state index < -0.39 is 121 Å². The van der Waals surface area contributed by atoms with Crippen molar-refractivity contribution in [3.8, 4) is 0 Å². The SMILES string of the molecule is CC(C)=CCC(O)/C(C)=C/[C@H]1C(=O)[C@@]2(C)CCC[C@H]2[C@@H](C)[C@]1(O)C/C=C(\C)C(CC=C(C)C)OC1OC(C)C(OC2OC(C)C(OC3OC(C)C(O)C(O)C3O)C(O)C2O)C(O)C1O. The highest BCUT2D eigenvalue weighted by Crippen LogP contribution is 2.58. The maximum atomic E-state index is 14.5. The molecule has 16 nitrogen and oxygen atoms in total. The van der Waals surface area contributed by atoms with E-state index in [4.69, 9.17) is 28.4 Å². The monoisotopic (exact) mass is 911 g/mol. The number of carbonyl (C=O) groups excluding carboxylic acids is 1. The first-order valence-corrected chi connectivity index (χ1v) is 23.1. The van der Waals surface area contributed by atoms with Crippen molar-refractivity contribution in [2.75, 3.05) is 0 Å². The summed E-state index contributed by atoms with van der Waals surface area (Å²) in [6.45, 7) is 20.1. The summed E-state index contributed by atoms with van der Waals surface area (Å²) in [5.41, 5.74) is 1.36. The van der Waals surface area contributed by atoms with Crippen LogP contribution in [0.5, 0.6) is 0 Å². The Balaban J connectivity index is 1.30. The Labute approximate surface area is 378 Å². The molecule has 0 spiro atoms. The highest BCUT2D eigenvalue weighted by atomic mass is 16.8. The first-order valence-electron chi connectivity index (χ1n) is 23.1. The third-order valence-corrected chi connectivity index (χ3v) is 14.8. The second-order valence-electron chi connectivity index (χ2n) is 20.0. The van der Waals surface area contributed by atoms with E-state index >= 15 is 0 Å². The summed E-state index contributed by atoms with van der Waals surface area (Å²) >= 11 is 0. The number of aliphatic hydroxyl groups excluding tert-OH is 8. The Hall–Kier alpha value is -1.97. The predicted molar refractivity (Wildman–Crippen MR) is 234 cm³/mol. The number of ketones is 1. The molecule has 0 radical (unpaired) electrons. The first kappa shape index (κ1) is 53.0. The summed E-state index contributed by atoms with van der Waals surface area (Å²) in [5.74, 6) is -1.13. The van der Waals surface area contributed by atoms with Crippen LogP contribution in [0.25, 0.3) is 0 Å². The van der Waals surface area contributed by atoms with Crippen LogP contribution in [0.4, 0.5) is 0 Å². The maximum Gasteiger partial charge on any atom is 0.187 e. The van der Waals surface area contributed by atoms with Gasteiger partial charge in [-0.25, -0.2) is 0 Å². The molecule has 3 heterocycles. The van der Waals surface area contributed by atoms with Crippen LogP contribution in [0.1, 0.15) is 115 Å². The van der Waals surface area contributed by atoms with Crippen LogP contribution < -0.4 is 0 Å². The average molecular weight is 911 g/mol. The largest absolute Gasteiger partial charge is 0.388 e. The van der Waals surface area contributed by atoms with Crippen molar-refractivity contribution in [1.29, 1.82) is 0 Å².